The molecule has 17 heavy (non-hydrogen) atoms. The molecule has 0 amide bonds. The molecule has 1 heterocycles. The quantitative estimate of drug-likeness (QED) is 0.764. The van der Waals surface area contributed by atoms with E-state index in [1.54, 1.807) is 0 Å². The van der Waals surface area contributed by atoms with Gasteiger partial charge in [-0.1, -0.05) is 35.0 Å². The lowest BCUT2D eigenvalue weighted by atomic mass is 9.87. The molecule has 0 radical (unpaired) electrons. The molecule has 0 fully saturated rings. The fourth-order valence-electron chi connectivity index (χ4n) is 1.42. The first-order chi connectivity index (χ1) is 7.95. The molecular formula is C10H10BF3N3-. The number of nitrogens with zero attached hydrogens (tertiary/aromatic N) is 3. The van der Waals surface area contributed by atoms with Crippen LogP contribution >= 0.6 is 0 Å². The molecule has 0 atom stereocenters. The third kappa shape index (κ3) is 2.86. The molecule has 1 aromatic heterocycles. The van der Waals surface area contributed by atoms with Crippen LogP contribution in [0.4, 0.5) is 12.9 Å². The Balaban J connectivity index is 2.14. The van der Waals surface area contributed by atoms with E-state index in [-0.39, 0.29) is 0 Å². The Morgan fingerprint density at radius 1 is 1.18 bits per heavy atom. The maximum Gasteiger partial charge on any atom is 0.531 e. The summed E-state index contributed by atoms with van der Waals surface area (Å²) in [4.78, 5) is 0. The number of hydrogen-bond donors (Lipinski definition) is 0. The standard InChI is InChI=1S/C10H10BF3N3/c1-8-2-4-9(5-3-8)6-17-7-10(15-16-17)11(12,13)14/h2-5,7H,6H2,1H3/q-1. The molecule has 0 N–H and O–H groups in total. The second-order valence-corrected chi connectivity index (χ2v) is 3.90. The van der Waals surface area contributed by atoms with E-state index in [1.807, 2.05) is 31.2 Å². The molecule has 1 aromatic carbocycles. The number of hydrogen-bond acceptors (Lipinski definition) is 2. The van der Waals surface area contributed by atoms with Crippen LogP contribution in [0.2, 0.25) is 0 Å². The van der Waals surface area contributed by atoms with E-state index in [4.69, 9.17) is 0 Å². The van der Waals surface area contributed by atoms with E-state index in [9.17, 15) is 12.9 Å². The lowest BCUT2D eigenvalue weighted by Gasteiger charge is -2.08. The third-order valence-corrected chi connectivity index (χ3v) is 2.36. The van der Waals surface area contributed by atoms with Gasteiger partial charge in [-0.3, -0.25) is 4.68 Å². The Morgan fingerprint density at radius 2 is 1.82 bits per heavy atom. The molecule has 0 aliphatic rings. The zero-order valence-corrected chi connectivity index (χ0v) is 9.15. The first-order valence-corrected chi connectivity index (χ1v) is 5.10. The molecule has 3 nitrogen and oxygen atoms in total. The highest BCUT2D eigenvalue weighted by molar-refractivity contribution is 6.72. The van der Waals surface area contributed by atoms with Gasteiger partial charge in [-0.25, -0.2) is 0 Å². The third-order valence-electron chi connectivity index (χ3n) is 2.36. The molecule has 2 aromatic rings. The number of halogens is 3. The highest BCUT2D eigenvalue weighted by Gasteiger charge is 2.29. The molecule has 0 unspecified atom stereocenters. The second kappa shape index (κ2) is 4.23. The predicted octanol–water partition coefficient (Wildman–Crippen LogP) is 1.69. The van der Waals surface area contributed by atoms with Crippen molar-refractivity contribution in [2.75, 3.05) is 0 Å². The van der Waals surface area contributed by atoms with Crippen molar-refractivity contribution in [3.05, 3.63) is 41.6 Å². The largest absolute Gasteiger partial charge is 0.531 e. The van der Waals surface area contributed by atoms with Crippen molar-refractivity contribution in [3.63, 3.8) is 0 Å². The fraction of sp³-hybridized carbons (Fsp3) is 0.200. The van der Waals surface area contributed by atoms with Crippen LogP contribution in [-0.2, 0) is 6.54 Å². The van der Waals surface area contributed by atoms with Crippen LogP contribution in [0, 0.1) is 6.92 Å². The second-order valence-electron chi connectivity index (χ2n) is 3.90. The maximum absolute atomic E-state index is 12.3. The van der Waals surface area contributed by atoms with Crippen LogP contribution in [0.3, 0.4) is 0 Å². The molecule has 0 spiro atoms. The van der Waals surface area contributed by atoms with Gasteiger partial charge in [0.2, 0.25) is 0 Å². The molecule has 0 saturated heterocycles. The van der Waals surface area contributed by atoms with Gasteiger partial charge < -0.3 is 12.9 Å². The number of aromatic nitrogens is 3. The molecule has 0 aliphatic heterocycles. The Hall–Kier alpha value is -1.79. The molecule has 7 heteroatoms. The van der Waals surface area contributed by atoms with Crippen molar-refractivity contribution < 1.29 is 12.9 Å². The van der Waals surface area contributed by atoms with Crippen molar-refractivity contribution in [3.8, 4) is 0 Å². The first-order valence-electron chi connectivity index (χ1n) is 5.10. The maximum atomic E-state index is 12.3. The van der Waals surface area contributed by atoms with Crippen molar-refractivity contribution in [2.45, 2.75) is 13.5 Å². The smallest absolute Gasteiger partial charge is 0.444 e. The van der Waals surface area contributed by atoms with Crippen molar-refractivity contribution >= 4 is 12.6 Å². The van der Waals surface area contributed by atoms with Crippen LogP contribution in [-0.4, -0.2) is 22.0 Å². The van der Waals surface area contributed by atoms with Gasteiger partial charge in [-0.05, 0) is 12.5 Å². The van der Waals surface area contributed by atoms with Crippen molar-refractivity contribution in [2.24, 2.45) is 0 Å². The van der Waals surface area contributed by atoms with Gasteiger partial charge in [0.05, 0.1) is 6.54 Å². The van der Waals surface area contributed by atoms with Crippen LogP contribution in [0.15, 0.2) is 30.5 Å². The van der Waals surface area contributed by atoms with Gasteiger partial charge in [-0.15, -0.1) is 0 Å². The minimum Gasteiger partial charge on any atom is -0.444 e. The van der Waals surface area contributed by atoms with Crippen LogP contribution in [0.1, 0.15) is 11.1 Å². The van der Waals surface area contributed by atoms with Crippen molar-refractivity contribution in [1.82, 2.24) is 15.0 Å². The van der Waals surface area contributed by atoms with Gasteiger partial charge >= 0.3 is 6.98 Å². The molecule has 0 saturated carbocycles. The van der Waals surface area contributed by atoms with Crippen LogP contribution in [0.25, 0.3) is 0 Å². The summed E-state index contributed by atoms with van der Waals surface area (Å²) < 4.78 is 38.2. The molecule has 0 bridgehead atoms. The Bertz CT molecular complexity index is 504. The Kier molecular flexibility index (Phi) is 2.91. The summed E-state index contributed by atoms with van der Waals surface area (Å²) in [6.45, 7) is -2.83. The monoisotopic (exact) mass is 240 g/mol. The van der Waals surface area contributed by atoms with E-state index in [0.29, 0.717) is 6.54 Å². The van der Waals surface area contributed by atoms with Crippen LogP contribution < -0.4 is 5.59 Å². The minimum absolute atomic E-state index is 0.291. The summed E-state index contributed by atoms with van der Waals surface area (Å²) in [7, 11) is 0. The minimum atomic E-state index is -5.07. The summed E-state index contributed by atoms with van der Waals surface area (Å²) in [5.41, 5.74) is 1.09. The van der Waals surface area contributed by atoms with E-state index >= 15 is 0 Å². The van der Waals surface area contributed by atoms with Crippen LogP contribution in [0.5, 0.6) is 0 Å². The SMILES string of the molecule is Cc1ccc(Cn2cc([B-](F)(F)F)nn2)cc1. The highest BCUT2D eigenvalue weighted by atomic mass is 19.4. The van der Waals surface area contributed by atoms with E-state index in [0.717, 1.165) is 17.3 Å². The van der Waals surface area contributed by atoms with Gasteiger partial charge in [0.1, 0.15) is 0 Å². The lowest BCUT2D eigenvalue weighted by molar-refractivity contribution is 0.498. The van der Waals surface area contributed by atoms with Gasteiger partial charge in [-0.2, -0.15) is 5.10 Å². The average molecular weight is 240 g/mol. The zero-order chi connectivity index (χ0) is 12.5. The zero-order valence-electron chi connectivity index (χ0n) is 9.15. The average Bonchev–Trinajstić information content (AvgIpc) is 2.69. The van der Waals surface area contributed by atoms with E-state index in [2.05, 4.69) is 10.3 Å². The van der Waals surface area contributed by atoms with E-state index < -0.39 is 12.6 Å². The summed E-state index contributed by atoms with van der Waals surface area (Å²) in [6.07, 6.45) is 0.930. The molecule has 90 valence electrons. The first kappa shape index (κ1) is 11.7. The topological polar surface area (TPSA) is 30.7 Å². The molecule has 0 aliphatic carbocycles. The molecular weight excluding hydrogens is 230 g/mol. The van der Waals surface area contributed by atoms with Gasteiger partial charge in [0.25, 0.3) is 0 Å². The predicted molar refractivity (Wildman–Crippen MR) is 59.0 cm³/mol. The number of aryl methyl sites for hydroxylation is 1. The molecule has 2 rings (SSSR count). The van der Waals surface area contributed by atoms with Gasteiger partial charge in [0.15, 0.2) is 0 Å². The number of benzene rings is 1. The summed E-state index contributed by atoms with van der Waals surface area (Å²) in [5, 5.41) is 6.58. The summed E-state index contributed by atoms with van der Waals surface area (Å²) in [5.74, 6) is 0. The normalized spacial score (nSPS) is 11.8. The summed E-state index contributed by atoms with van der Waals surface area (Å²) >= 11 is 0. The Labute approximate surface area is 96.3 Å². The Morgan fingerprint density at radius 3 is 2.35 bits per heavy atom. The highest BCUT2D eigenvalue weighted by Crippen LogP contribution is 2.08. The van der Waals surface area contributed by atoms with Crippen molar-refractivity contribution in [1.29, 1.82) is 0 Å². The van der Waals surface area contributed by atoms with E-state index in [1.165, 1.54) is 4.68 Å². The fourth-order valence-corrected chi connectivity index (χ4v) is 1.42. The lowest BCUT2D eigenvalue weighted by Crippen LogP contribution is -2.35. The van der Waals surface area contributed by atoms with Gasteiger partial charge in [0, 0.05) is 11.8 Å². The number of rotatable bonds is 3. The summed E-state index contributed by atoms with van der Waals surface area (Å²) in [6, 6.07) is 7.52.